The third-order valence-corrected chi connectivity index (χ3v) is 3.79. The second-order valence-corrected chi connectivity index (χ2v) is 6.04. The van der Waals surface area contributed by atoms with Crippen LogP contribution in [0.3, 0.4) is 0 Å². The van der Waals surface area contributed by atoms with Crippen LogP contribution in [0, 0.1) is 13.8 Å². The predicted molar refractivity (Wildman–Crippen MR) is 95.1 cm³/mol. The van der Waals surface area contributed by atoms with Crippen LogP contribution in [0.2, 0.25) is 5.02 Å². The van der Waals surface area contributed by atoms with E-state index in [9.17, 15) is 0 Å². The van der Waals surface area contributed by atoms with Gasteiger partial charge in [0.15, 0.2) is 5.11 Å². The van der Waals surface area contributed by atoms with Gasteiger partial charge < -0.3 is 10.6 Å². The van der Waals surface area contributed by atoms with Crippen molar-refractivity contribution in [2.75, 3.05) is 5.32 Å². The lowest BCUT2D eigenvalue weighted by Crippen LogP contribution is -2.31. The summed E-state index contributed by atoms with van der Waals surface area (Å²) in [5, 5.41) is 7.87. The van der Waals surface area contributed by atoms with E-state index in [-0.39, 0.29) is 6.04 Å². The van der Waals surface area contributed by atoms with Crippen LogP contribution >= 0.6 is 23.8 Å². The predicted octanol–water partition coefficient (Wildman–Crippen LogP) is 5.00. The Morgan fingerprint density at radius 3 is 2.62 bits per heavy atom. The smallest absolute Gasteiger partial charge is 0.171 e. The largest absolute Gasteiger partial charge is 0.356 e. The third-order valence-electron chi connectivity index (χ3n) is 3.34. The van der Waals surface area contributed by atoms with Gasteiger partial charge in [-0.3, -0.25) is 0 Å². The van der Waals surface area contributed by atoms with E-state index in [2.05, 4.69) is 49.6 Å². The standard InChI is InChI=1S/C17H19ClN2S/c1-11-7-8-12(2)16(9-11)20-17(21)19-13(3)14-5-4-6-15(18)10-14/h4-10,13H,1-3H3,(H2,19,20,21)/t13-/m0/s1. The maximum Gasteiger partial charge on any atom is 0.171 e. The molecule has 0 saturated carbocycles. The zero-order valence-electron chi connectivity index (χ0n) is 12.4. The van der Waals surface area contributed by atoms with Crippen molar-refractivity contribution in [1.29, 1.82) is 0 Å². The Hall–Kier alpha value is -1.58. The van der Waals surface area contributed by atoms with Gasteiger partial charge >= 0.3 is 0 Å². The van der Waals surface area contributed by atoms with Gasteiger partial charge in [0, 0.05) is 10.7 Å². The molecule has 0 heterocycles. The number of nitrogens with one attached hydrogen (secondary N) is 2. The summed E-state index contributed by atoms with van der Waals surface area (Å²) in [6.45, 7) is 6.18. The molecule has 0 aromatic heterocycles. The number of thiocarbonyl (C=S) groups is 1. The molecule has 0 saturated heterocycles. The van der Waals surface area contributed by atoms with E-state index in [0.29, 0.717) is 5.11 Å². The van der Waals surface area contributed by atoms with Gasteiger partial charge in [-0.25, -0.2) is 0 Å². The minimum absolute atomic E-state index is 0.0915. The second kappa shape index (κ2) is 6.92. The summed E-state index contributed by atoms with van der Waals surface area (Å²) in [5.74, 6) is 0. The molecule has 2 rings (SSSR count). The fourth-order valence-corrected chi connectivity index (χ4v) is 2.57. The van der Waals surface area contributed by atoms with Crippen LogP contribution in [0.15, 0.2) is 42.5 Å². The van der Waals surface area contributed by atoms with Gasteiger partial charge in [0.05, 0.1) is 6.04 Å². The minimum Gasteiger partial charge on any atom is -0.356 e. The van der Waals surface area contributed by atoms with Crippen molar-refractivity contribution in [2.24, 2.45) is 0 Å². The lowest BCUT2D eigenvalue weighted by atomic mass is 10.1. The van der Waals surface area contributed by atoms with Crippen molar-refractivity contribution in [3.05, 3.63) is 64.2 Å². The molecule has 110 valence electrons. The normalized spacial score (nSPS) is 11.8. The van der Waals surface area contributed by atoms with E-state index in [1.807, 2.05) is 24.3 Å². The SMILES string of the molecule is Cc1ccc(C)c(NC(=S)N[C@@H](C)c2cccc(Cl)c2)c1. The molecule has 4 heteroatoms. The molecule has 2 aromatic carbocycles. The van der Waals surface area contributed by atoms with Crippen LogP contribution in [0.1, 0.15) is 29.7 Å². The summed E-state index contributed by atoms with van der Waals surface area (Å²) in [5.41, 5.74) is 4.51. The van der Waals surface area contributed by atoms with E-state index >= 15 is 0 Å². The van der Waals surface area contributed by atoms with Gasteiger partial charge in [-0.05, 0) is 67.9 Å². The molecule has 21 heavy (non-hydrogen) atoms. The quantitative estimate of drug-likeness (QED) is 0.778. The van der Waals surface area contributed by atoms with Crippen molar-refractivity contribution >= 4 is 34.6 Å². The summed E-state index contributed by atoms with van der Waals surface area (Å²) in [4.78, 5) is 0. The van der Waals surface area contributed by atoms with Crippen LogP contribution in [-0.2, 0) is 0 Å². The van der Waals surface area contributed by atoms with Gasteiger partial charge in [-0.15, -0.1) is 0 Å². The van der Waals surface area contributed by atoms with Crippen molar-refractivity contribution in [2.45, 2.75) is 26.8 Å². The van der Waals surface area contributed by atoms with Crippen LogP contribution in [0.5, 0.6) is 0 Å². The topological polar surface area (TPSA) is 24.1 Å². The summed E-state index contributed by atoms with van der Waals surface area (Å²) < 4.78 is 0. The Morgan fingerprint density at radius 1 is 1.14 bits per heavy atom. The molecule has 0 aliphatic heterocycles. The van der Waals surface area contributed by atoms with Gasteiger partial charge in [0.25, 0.3) is 0 Å². The summed E-state index contributed by atoms with van der Waals surface area (Å²) >= 11 is 11.4. The molecule has 0 unspecified atom stereocenters. The highest BCUT2D eigenvalue weighted by atomic mass is 35.5. The average Bonchev–Trinajstić information content (AvgIpc) is 2.42. The molecule has 0 aliphatic rings. The van der Waals surface area contributed by atoms with Crippen LogP contribution in [0.4, 0.5) is 5.69 Å². The van der Waals surface area contributed by atoms with Crippen LogP contribution in [-0.4, -0.2) is 5.11 Å². The number of hydrogen-bond acceptors (Lipinski definition) is 1. The minimum atomic E-state index is 0.0915. The van der Waals surface area contributed by atoms with Crippen LogP contribution < -0.4 is 10.6 Å². The highest BCUT2D eigenvalue weighted by Crippen LogP contribution is 2.19. The van der Waals surface area contributed by atoms with Crippen molar-refractivity contribution in [1.82, 2.24) is 5.32 Å². The average molecular weight is 319 g/mol. The molecule has 0 fully saturated rings. The number of benzene rings is 2. The molecule has 0 bridgehead atoms. The zero-order valence-corrected chi connectivity index (χ0v) is 14.0. The molecule has 0 aliphatic carbocycles. The highest BCUT2D eigenvalue weighted by molar-refractivity contribution is 7.80. The molecule has 0 amide bonds. The maximum atomic E-state index is 6.02. The first kappa shape index (κ1) is 15.8. The number of anilines is 1. The van der Waals surface area contributed by atoms with Gasteiger partial charge in [-0.1, -0.05) is 35.9 Å². The first-order valence-electron chi connectivity index (χ1n) is 6.86. The Balaban J connectivity index is 2.03. The molecule has 0 spiro atoms. The first-order valence-corrected chi connectivity index (χ1v) is 7.64. The Kier molecular flexibility index (Phi) is 5.21. The van der Waals surface area contributed by atoms with E-state index in [1.165, 1.54) is 11.1 Å². The maximum absolute atomic E-state index is 6.02. The number of hydrogen-bond donors (Lipinski definition) is 2. The molecular formula is C17H19ClN2S. The van der Waals surface area contributed by atoms with E-state index in [1.54, 1.807) is 0 Å². The van der Waals surface area contributed by atoms with E-state index in [0.717, 1.165) is 16.3 Å². The third kappa shape index (κ3) is 4.45. The van der Waals surface area contributed by atoms with Gasteiger partial charge in [-0.2, -0.15) is 0 Å². The highest BCUT2D eigenvalue weighted by Gasteiger charge is 2.08. The summed E-state index contributed by atoms with van der Waals surface area (Å²) in [6.07, 6.45) is 0. The lowest BCUT2D eigenvalue weighted by molar-refractivity contribution is 0.722. The number of rotatable bonds is 3. The van der Waals surface area contributed by atoms with Gasteiger partial charge in [0.1, 0.15) is 0 Å². The Labute approximate surface area is 136 Å². The van der Waals surface area contributed by atoms with E-state index in [4.69, 9.17) is 23.8 Å². The molecule has 2 N–H and O–H groups in total. The molecule has 1 atom stereocenters. The molecule has 0 radical (unpaired) electrons. The zero-order chi connectivity index (χ0) is 15.4. The first-order chi connectivity index (χ1) is 9.95. The van der Waals surface area contributed by atoms with Gasteiger partial charge in [0.2, 0.25) is 0 Å². The van der Waals surface area contributed by atoms with Crippen molar-refractivity contribution in [3.8, 4) is 0 Å². The number of halogens is 1. The number of aryl methyl sites for hydroxylation is 2. The fourth-order valence-electron chi connectivity index (χ4n) is 2.08. The molecule has 2 nitrogen and oxygen atoms in total. The van der Waals surface area contributed by atoms with Crippen molar-refractivity contribution in [3.63, 3.8) is 0 Å². The lowest BCUT2D eigenvalue weighted by Gasteiger charge is -2.18. The van der Waals surface area contributed by atoms with E-state index < -0.39 is 0 Å². The molecule has 2 aromatic rings. The Bertz CT molecular complexity index is 655. The second-order valence-electron chi connectivity index (χ2n) is 5.19. The Morgan fingerprint density at radius 2 is 1.90 bits per heavy atom. The summed E-state index contributed by atoms with van der Waals surface area (Å²) in [7, 11) is 0. The fraction of sp³-hybridized carbons (Fsp3) is 0.235. The monoisotopic (exact) mass is 318 g/mol. The van der Waals surface area contributed by atoms with Crippen molar-refractivity contribution < 1.29 is 0 Å². The van der Waals surface area contributed by atoms with Crippen LogP contribution in [0.25, 0.3) is 0 Å². The summed E-state index contributed by atoms with van der Waals surface area (Å²) in [6, 6.07) is 14.1. The molecular weight excluding hydrogens is 300 g/mol.